The Labute approximate surface area is 102 Å². The van der Waals surface area contributed by atoms with E-state index in [2.05, 4.69) is 5.32 Å². The number of hydrogen-bond donors (Lipinski definition) is 2. The normalized spacial score (nSPS) is 16.3. The van der Waals surface area contributed by atoms with E-state index in [1.54, 1.807) is 0 Å². The first-order chi connectivity index (χ1) is 8.44. The highest BCUT2D eigenvalue weighted by atomic mass is 19.1. The van der Waals surface area contributed by atoms with Gasteiger partial charge in [-0.05, 0) is 24.5 Å². The fraction of sp³-hybridized carbons (Fsp3) is 0.364. The van der Waals surface area contributed by atoms with Gasteiger partial charge in [0.05, 0.1) is 4.92 Å². The molecule has 0 aromatic heterocycles. The number of carbonyl (C=O) groups is 1. The van der Waals surface area contributed by atoms with E-state index in [1.165, 1.54) is 6.07 Å². The van der Waals surface area contributed by atoms with Crippen molar-refractivity contribution >= 4 is 11.7 Å². The topological polar surface area (TPSA) is 92.5 Å². The van der Waals surface area contributed by atoms with Crippen LogP contribution >= 0.6 is 0 Å². The first-order valence-corrected chi connectivity index (χ1v) is 5.36. The standard InChI is InChI=1S/C11H11FN2O4/c12-8-5-7(1-2-9(8)14(17)18)6-13-11(3-4-11)10(15)16/h1-2,5,13H,3-4,6H2,(H,15,16). The van der Waals surface area contributed by atoms with Crippen LogP contribution in [-0.2, 0) is 11.3 Å². The molecule has 7 heteroatoms. The summed E-state index contributed by atoms with van der Waals surface area (Å²) in [5.41, 5.74) is -1.01. The van der Waals surface area contributed by atoms with Crippen LogP contribution in [0.4, 0.5) is 10.1 Å². The molecule has 18 heavy (non-hydrogen) atoms. The van der Waals surface area contributed by atoms with Gasteiger partial charge in [0.15, 0.2) is 0 Å². The van der Waals surface area contributed by atoms with E-state index in [0.717, 1.165) is 12.1 Å². The molecule has 96 valence electrons. The van der Waals surface area contributed by atoms with E-state index in [9.17, 15) is 19.3 Å². The summed E-state index contributed by atoms with van der Waals surface area (Å²) < 4.78 is 13.3. The fourth-order valence-corrected chi connectivity index (χ4v) is 1.67. The molecule has 0 amide bonds. The van der Waals surface area contributed by atoms with E-state index in [0.29, 0.717) is 18.4 Å². The van der Waals surface area contributed by atoms with Gasteiger partial charge in [0.1, 0.15) is 5.54 Å². The van der Waals surface area contributed by atoms with E-state index in [1.807, 2.05) is 0 Å². The lowest BCUT2D eigenvalue weighted by Crippen LogP contribution is -2.38. The zero-order valence-electron chi connectivity index (χ0n) is 9.35. The molecule has 1 fully saturated rings. The van der Waals surface area contributed by atoms with Gasteiger partial charge in [0, 0.05) is 12.6 Å². The van der Waals surface area contributed by atoms with Crippen LogP contribution in [0.2, 0.25) is 0 Å². The van der Waals surface area contributed by atoms with Crippen molar-refractivity contribution in [1.82, 2.24) is 5.32 Å². The Morgan fingerprint density at radius 1 is 1.56 bits per heavy atom. The SMILES string of the molecule is O=C(O)C1(NCc2ccc([N+](=O)[O-])c(F)c2)CC1. The zero-order chi connectivity index (χ0) is 13.3. The second-order valence-corrected chi connectivity index (χ2v) is 4.28. The highest BCUT2D eigenvalue weighted by molar-refractivity contribution is 5.82. The summed E-state index contributed by atoms with van der Waals surface area (Å²) in [6.07, 6.45) is 1.08. The Bertz CT molecular complexity index is 514. The fourth-order valence-electron chi connectivity index (χ4n) is 1.67. The molecule has 0 radical (unpaired) electrons. The van der Waals surface area contributed by atoms with Crippen molar-refractivity contribution in [2.45, 2.75) is 24.9 Å². The van der Waals surface area contributed by atoms with Gasteiger partial charge in [-0.3, -0.25) is 20.2 Å². The number of aliphatic carboxylic acids is 1. The number of nitro groups is 1. The summed E-state index contributed by atoms with van der Waals surface area (Å²) in [6.45, 7) is 0.168. The van der Waals surface area contributed by atoms with Gasteiger partial charge in [-0.15, -0.1) is 0 Å². The molecule has 0 heterocycles. The predicted molar refractivity (Wildman–Crippen MR) is 59.5 cm³/mol. The number of carboxylic acids is 1. The van der Waals surface area contributed by atoms with E-state index in [-0.39, 0.29) is 6.54 Å². The average molecular weight is 254 g/mol. The maximum atomic E-state index is 13.3. The van der Waals surface area contributed by atoms with Crippen LogP contribution < -0.4 is 5.32 Å². The largest absolute Gasteiger partial charge is 0.480 e. The molecule has 6 nitrogen and oxygen atoms in total. The summed E-state index contributed by atoms with van der Waals surface area (Å²) in [6, 6.07) is 3.53. The summed E-state index contributed by atoms with van der Waals surface area (Å²) >= 11 is 0. The third-order valence-corrected chi connectivity index (χ3v) is 3.00. The Morgan fingerprint density at radius 3 is 2.67 bits per heavy atom. The van der Waals surface area contributed by atoms with Crippen molar-refractivity contribution in [1.29, 1.82) is 0 Å². The molecule has 1 saturated carbocycles. The van der Waals surface area contributed by atoms with E-state index < -0.39 is 27.9 Å². The van der Waals surface area contributed by atoms with Gasteiger partial charge >= 0.3 is 11.7 Å². The Hall–Kier alpha value is -2.02. The molecule has 0 unspecified atom stereocenters. The highest BCUT2D eigenvalue weighted by Gasteiger charge is 2.49. The van der Waals surface area contributed by atoms with Crippen LogP contribution in [0.15, 0.2) is 18.2 Å². The molecular weight excluding hydrogens is 243 g/mol. The minimum Gasteiger partial charge on any atom is -0.480 e. The minimum absolute atomic E-state index is 0.168. The third-order valence-electron chi connectivity index (χ3n) is 3.00. The molecule has 1 aromatic rings. The van der Waals surface area contributed by atoms with Gasteiger partial charge < -0.3 is 5.11 Å². The number of nitrogens with one attached hydrogen (secondary N) is 1. The number of nitro benzene ring substituents is 1. The quantitative estimate of drug-likeness (QED) is 0.612. The minimum atomic E-state index is -0.926. The molecule has 0 spiro atoms. The third kappa shape index (κ3) is 2.30. The summed E-state index contributed by atoms with van der Waals surface area (Å²) in [5.74, 6) is -1.84. The molecular formula is C11H11FN2O4. The van der Waals surface area contributed by atoms with Crippen LogP contribution in [0.25, 0.3) is 0 Å². The second kappa shape index (κ2) is 4.34. The van der Waals surface area contributed by atoms with E-state index in [4.69, 9.17) is 5.11 Å². The number of halogens is 1. The number of nitrogens with zero attached hydrogens (tertiary/aromatic N) is 1. The summed E-state index contributed by atoms with van der Waals surface area (Å²) in [5, 5.41) is 22.2. The van der Waals surface area contributed by atoms with Crippen molar-refractivity contribution in [3.63, 3.8) is 0 Å². The van der Waals surface area contributed by atoms with E-state index >= 15 is 0 Å². The molecule has 0 bridgehead atoms. The van der Waals surface area contributed by atoms with Gasteiger partial charge in [-0.1, -0.05) is 6.07 Å². The number of hydrogen-bond acceptors (Lipinski definition) is 4. The van der Waals surface area contributed by atoms with Crippen LogP contribution in [0.1, 0.15) is 18.4 Å². The maximum Gasteiger partial charge on any atom is 0.323 e. The van der Waals surface area contributed by atoms with Crippen molar-refractivity contribution in [2.75, 3.05) is 0 Å². The lowest BCUT2D eigenvalue weighted by molar-refractivity contribution is -0.387. The smallest absolute Gasteiger partial charge is 0.323 e. The molecule has 0 atom stereocenters. The van der Waals surface area contributed by atoms with Gasteiger partial charge in [0.2, 0.25) is 5.82 Å². The first kappa shape index (κ1) is 12.4. The monoisotopic (exact) mass is 254 g/mol. The Morgan fingerprint density at radius 2 is 2.22 bits per heavy atom. The lowest BCUT2D eigenvalue weighted by Gasteiger charge is -2.12. The molecule has 2 rings (SSSR count). The Kier molecular flexibility index (Phi) is 3.00. The first-order valence-electron chi connectivity index (χ1n) is 5.36. The second-order valence-electron chi connectivity index (χ2n) is 4.28. The highest BCUT2D eigenvalue weighted by Crippen LogP contribution is 2.35. The summed E-state index contributed by atoms with van der Waals surface area (Å²) in [4.78, 5) is 20.5. The number of carboxylic acid groups (broad SMARTS) is 1. The average Bonchev–Trinajstić information content (AvgIpc) is 3.07. The number of rotatable bonds is 5. The molecule has 2 N–H and O–H groups in total. The zero-order valence-corrected chi connectivity index (χ0v) is 9.35. The molecule has 1 aliphatic carbocycles. The van der Waals surface area contributed by atoms with Gasteiger partial charge in [-0.25, -0.2) is 0 Å². The van der Waals surface area contributed by atoms with Crippen LogP contribution in [0, 0.1) is 15.9 Å². The maximum absolute atomic E-state index is 13.3. The molecule has 1 aliphatic rings. The van der Waals surface area contributed by atoms with Crippen LogP contribution in [0.5, 0.6) is 0 Å². The van der Waals surface area contributed by atoms with Crippen molar-refractivity contribution in [3.8, 4) is 0 Å². The molecule has 1 aromatic carbocycles. The van der Waals surface area contributed by atoms with Gasteiger partial charge in [-0.2, -0.15) is 4.39 Å². The Balaban J connectivity index is 2.05. The molecule has 0 aliphatic heterocycles. The van der Waals surface area contributed by atoms with Gasteiger partial charge in [0.25, 0.3) is 0 Å². The predicted octanol–water partition coefficient (Wildman–Crippen LogP) is 1.44. The number of benzene rings is 1. The van der Waals surface area contributed by atoms with Crippen LogP contribution in [0.3, 0.4) is 0 Å². The van der Waals surface area contributed by atoms with Crippen molar-refractivity contribution in [3.05, 3.63) is 39.7 Å². The lowest BCUT2D eigenvalue weighted by atomic mass is 10.1. The van der Waals surface area contributed by atoms with Crippen molar-refractivity contribution < 1.29 is 19.2 Å². The summed E-state index contributed by atoms with van der Waals surface area (Å²) in [7, 11) is 0. The molecule has 0 saturated heterocycles. The van der Waals surface area contributed by atoms with Crippen LogP contribution in [-0.4, -0.2) is 21.5 Å². The van der Waals surface area contributed by atoms with Crippen molar-refractivity contribution in [2.24, 2.45) is 0 Å².